The van der Waals surface area contributed by atoms with Crippen molar-refractivity contribution >= 4 is 39.1 Å². The van der Waals surface area contributed by atoms with Gasteiger partial charge in [-0.1, -0.05) is 83.9 Å². The Balaban J connectivity index is 1.79. The van der Waals surface area contributed by atoms with Crippen LogP contribution in [0.2, 0.25) is 5.02 Å². The Hall–Kier alpha value is -4.14. The Bertz CT molecular complexity index is 1640. The minimum Gasteiger partial charge on any atom is -0.355 e. The standard InChI is InChI=1S/C34H36ClN3O4S/c1-4-36-34(40)32(22-27-10-6-5-7-11-27)37(23-28-15-13-25(2)14-16-28)33(39)24-38(30-12-8-9-26(3)21-30)43(41,42)31-19-17-29(35)18-20-31/h5-21,32H,4,22-24H2,1-3H3,(H,36,40)/t32-/m0/s1. The molecule has 0 heterocycles. The van der Waals surface area contributed by atoms with E-state index in [0.29, 0.717) is 17.3 Å². The maximum absolute atomic E-state index is 14.4. The number of hydrogen-bond donors (Lipinski definition) is 1. The first-order valence-electron chi connectivity index (χ1n) is 14.1. The summed E-state index contributed by atoms with van der Waals surface area (Å²) in [7, 11) is -4.18. The fourth-order valence-electron chi connectivity index (χ4n) is 4.78. The Morgan fingerprint density at radius 1 is 0.814 bits per heavy atom. The number of carbonyl (C=O) groups excluding carboxylic acids is 2. The molecule has 1 N–H and O–H groups in total. The van der Waals surface area contributed by atoms with Crippen LogP contribution in [0, 0.1) is 13.8 Å². The summed E-state index contributed by atoms with van der Waals surface area (Å²) in [4.78, 5) is 29.4. The molecule has 0 bridgehead atoms. The number of amides is 2. The van der Waals surface area contributed by atoms with Gasteiger partial charge in [-0.25, -0.2) is 8.42 Å². The summed E-state index contributed by atoms with van der Waals surface area (Å²) < 4.78 is 29.2. The summed E-state index contributed by atoms with van der Waals surface area (Å²) in [5.74, 6) is -0.818. The van der Waals surface area contributed by atoms with E-state index in [9.17, 15) is 18.0 Å². The molecule has 0 unspecified atom stereocenters. The molecule has 0 saturated heterocycles. The monoisotopic (exact) mass is 617 g/mol. The van der Waals surface area contributed by atoms with Crippen molar-refractivity contribution in [3.63, 3.8) is 0 Å². The number of halogens is 1. The molecular weight excluding hydrogens is 582 g/mol. The van der Waals surface area contributed by atoms with Crippen LogP contribution in [-0.4, -0.2) is 44.3 Å². The second-order valence-electron chi connectivity index (χ2n) is 10.4. The van der Waals surface area contributed by atoms with Crippen LogP contribution in [0.3, 0.4) is 0 Å². The minimum atomic E-state index is -4.18. The number of nitrogens with one attached hydrogen (secondary N) is 1. The molecule has 0 saturated carbocycles. The summed E-state index contributed by atoms with van der Waals surface area (Å²) in [5.41, 5.74) is 3.94. The zero-order valence-electron chi connectivity index (χ0n) is 24.5. The van der Waals surface area contributed by atoms with Crippen molar-refractivity contribution in [2.75, 3.05) is 17.4 Å². The molecule has 2 amide bonds. The molecule has 4 aromatic carbocycles. The lowest BCUT2D eigenvalue weighted by Crippen LogP contribution is -2.53. The van der Waals surface area contributed by atoms with Crippen molar-refractivity contribution in [2.24, 2.45) is 0 Å². The van der Waals surface area contributed by atoms with E-state index in [1.54, 1.807) is 18.2 Å². The first-order chi connectivity index (χ1) is 20.6. The van der Waals surface area contributed by atoms with E-state index in [1.807, 2.05) is 81.4 Å². The number of rotatable bonds is 12. The third kappa shape index (κ3) is 8.24. The number of nitrogens with zero attached hydrogens (tertiary/aromatic N) is 2. The summed E-state index contributed by atoms with van der Waals surface area (Å²) in [6.07, 6.45) is 0.263. The Morgan fingerprint density at radius 2 is 1.49 bits per heavy atom. The zero-order valence-corrected chi connectivity index (χ0v) is 26.1. The topological polar surface area (TPSA) is 86.8 Å². The van der Waals surface area contributed by atoms with Gasteiger partial charge >= 0.3 is 0 Å². The first-order valence-corrected chi connectivity index (χ1v) is 15.9. The van der Waals surface area contributed by atoms with Crippen LogP contribution in [0.1, 0.15) is 29.2 Å². The van der Waals surface area contributed by atoms with Crippen LogP contribution in [0.15, 0.2) is 108 Å². The molecule has 7 nitrogen and oxygen atoms in total. The van der Waals surface area contributed by atoms with Gasteiger partial charge in [-0.3, -0.25) is 13.9 Å². The van der Waals surface area contributed by atoms with E-state index in [2.05, 4.69) is 5.32 Å². The number of likely N-dealkylation sites (N-methyl/N-ethyl adjacent to an activating group) is 1. The van der Waals surface area contributed by atoms with Crippen LogP contribution >= 0.6 is 11.6 Å². The fraction of sp³-hybridized carbons (Fsp3) is 0.235. The average molecular weight is 618 g/mol. The van der Waals surface area contributed by atoms with Crippen molar-refractivity contribution in [3.8, 4) is 0 Å². The molecule has 9 heteroatoms. The normalized spacial score (nSPS) is 11.9. The Kier molecular flexibility index (Phi) is 10.6. The highest BCUT2D eigenvalue weighted by Gasteiger charge is 2.34. The summed E-state index contributed by atoms with van der Waals surface area (Å²) in [6, 6.07) is 29.1. The van der Waals surface area contributed by atoms with Gasteiger partial charge in [0.05, 0.1) is 10.6 Å². The maximum Gasteiger partial charge on any atom is 0.264 e. The molecule has 0 spiro atoms. The molecule has 43 heavy (non-hydrogen) atoms. The third-order valence-electron chi connectivity index (χ3n) is 7.07. The van der Waals surface area contributed by atoms with E-state index >= 15 is 0 Å². The van der Waals surface area contributed by atoms with Crippen molar-refractivity contribution in [2.45, 2.75) is 44.7 Å². The lowest BCUT2D eigenvalue weighted by atomic mass is 10.0. The molecule has 0 aliphatic carbocycles. The van der Waals surface area contributed by atoms with Gasteiger partial charge in [0.15, 0.2) is 0 Å². The lowest BCUT2D eigenvalue weighted by Gasteiger charge is -2.34. The number of sulfonamides is 1. The number of benzene rings is 4. The SMILES string of the molecule is CCNC(=O)[C@H](Cc1ccccc1)N(Cc1ccc(C)cc1)C(=O)CN(c1cccc(C)c1)S(=O)(=O)c1ccc(Cl)cc1. The molecule has 0 aromatic heterocycles. The van der Waals surface area contributed by atoms with Gasteiger partial charge in [-0.2, -0.15) is 0 Å². The van der Waals surface area contributed by atoms with Gasteiger partial charge < -0.3 is 10.2 Å². The van der Waals surface area contributed by atoms with Gasteiger partial charge in [0, 0.05) is 24.5 Å². The van der Waals surface area contributed by atoms with Crippen LogP contribution in [-0.2, 0) is 32.6 Å². The number of anilines is 1. The molecule has 4 aromatic rings. The highest BCUT2D eigenvalue weighted by Crippen LogP contribution is 2.26. The number of carbonyl (C=O) groups is 2. The van der Waals surface area contributed by atoms with E-state index in [0.717, 1.165) is 26.6 Å². The second kappa shape index (κ2) is 14.4. The van der Waals surface area contributed by atoms with Crippen LogP contribution in [0.5, 0.6) is 0 Å². The lowest BCUT2D eigenvalue weighted by molar-refractivity contribution is -0.140. The molecule has 4 rings (SSSR count). The van der Waals surface area contributed by atoms with Crippen molar-refractivity contribution in [1.82, 2.24) is 10.2 Å². The highest BCUT2D eigenvalue weighted by molar-refractivity contribution is 7.92. The van der Waals surface area contributed by atoms with Gasteiger partial charge in [0.2, 0.25) is 11.8 Å². The zero-order chi connectivity index (χ0) is 31.0. The van der Waals surface area contributed by atoms with Crippen molar-refractivity contribution in [1.29, 1.82) is 0 Å². The van der Waals surface area contributed by atoms with Gasteiger partial charge in [0.25, 0.3) is 10.0 Å². The van der Waals surface area contributed by atoms with E-state index in [4.69, 9.17) is 11.6 Å². The molecule has 0 aliphatic rings. The van der Waals surface area contributed by atoms with Crippen LogP contribution < -0.4 is 9.62 Å². The highest BCUT2D eigenvalue weighted by atomic mass is 35.5. The third-order valence-corrected chi connectivity index (χ3v) is 9.11. The molecule has 0 radical (unpaired) electrons. The second-order valence-corrected chi connectivity index (χ2v) is 12.7. The minimum absolute atomic E-state index is 0.000789. The first kappa shape index (κ1) is 31.8. The van der Waals surface area contributed by atoms with Gasteiger partial charge in [-0.15, -0.1) is 0 Å². The molecule has 1 atom stereocenters. The fourth-order valence-corrected chi connectivity index (χ4v) is 6.31. The molecule has 224 valence electrons. The smallest absolute Gasteiger partial charge is 0.264 e. The van der Waals surface area contributed by atoms with Crippen LogP contribution in [0.25, 0.3) is 0 Å². The maximum atomic E-state index is 14.4. The van der Waals surface area contributed by atoms with E-state index < -0.39 is 28.5 Å². The van der Waals surface area contributed by atoms with E-state index in [1.165, 1.54) is 29.2 Å². The van der Waals surface area contributed by atoms with Crippen LogP contribution in [0.4, 0.5) is 5.69 Å². The Morgan fingerprint density at radius 3 is 2.12 bits per heavy atom. The summed E-state index contributed by atoms with van der Waals surface area (Å²) in [6.45, 7) is 5.65. The quantitative estimate of drug-likeness (QED) is 0.214. The van der Waals surface area contributed by atoms with E-state index in [-0.39, 0.29) is 23.8 Å². The van der Waals surface area contributed by atoms with Gasteiger partial charge in [0.1, 0.15) is 12.6 Å². The number of hydrogen-bond acceptors (Lipinski definition) is 4. The van der Waals surface area contributed by atoms with Crippen molar-refractivity contribution < 1.29 is 18.0 Å². The van der Waals surface area contributed by atoms with Crippen molar-refractivity contribution in [3.05, 3.63) is 130 Å². The Labute approximate surface area is 259 Å². The molecule has 0 fully saturated rings. The van der Waals surface area contributed by atoms with Gasteiger partial charge in [-0.05, 0) is 73.9 Å². The summed E-state index contributed by atoms with van der Waals surface area (Å²) in [5, 5.41) is 3.27. The average Bonchev–Trinajstić information content (AvgIpc) is 2.99. The molecule has 0 aliphatic heterocycles. The number of aryl methyl sites for hydroxylation is 2. The summed E-state index contributed by atoms with van der Waals surface area (Å²) >= 11 is 6.04. The predicted octanol–water partition coefficient (Wildman–Crippen LogP) is 5.93. The molecular formula is C34H36ClN3O4S. The largest absolute Gasteiger partial charge is 0.355 e. The predicted molar refractivity (Wildman–Crippen MR) is 172 cm³/mol.